The molecule has 14 heavy (non-hydrogen) atoms. The highest BCUT2D eigenvalue weighted by atomic mass is 35.5. The number of methoxy groups -OCH3 is 1. The zero-order valence-corrected chi connectivity index (χ0v) is 9.09. The molecule has 3 rings (SSSR count). The lowest BCUT2D eigenvalue weighted by Gasteiger charge is -2.45. The van der Waals surface area contributed by atoms with Crippen LogP contribution in [-0.2, 0) is 9.53 Å². The van der Waals surface area contributed by atoms with E-state index in [1.807, 2.05) is 0 Å². The first-order valence-corrected chi connectivity index (χ1v) is 5.58. The monoisotopic (exact) mass is 217 g/mol. The molecule has 3 saturated carbocycles. The van der Waals surface area contributed by atoms with E-state index >= 15 is 0 Å². The van der Waals surface area contributed by atoms with Crippen molar-refractivity contribution in [2.75, 3.05) is 7.11 Å². The van der Waals surface area contributed by atoms with Crippen molar-refractivity contribution in [3.63, 3.8) is 0 Å². The van der Waals surface area contributed by atoms with Gasteiger partial charge in [-0.15, -0.1) is 0 Å². The van der Waals surface area contributed by atoms with Crippen LogP contribution in [-0.4, -0.2) is 19.1 Å². The Bertz CT molecular complexity index is 234. The Balaban J connectivity index is 2.04. The number of esters is 1. The van der Waals surface area contributed by atoms with Crippen LogP contribution in [0.4, 0.5) is 0 Å². The number of rotatable bonds is 2. The highest BCUT2D eigenvalue weighted by molar-refractivity contribution is 6.13. The van der Waals surface area contributed by atoms with Crippen LogP contribution in [0.1, 0.15) is 25.7 Å². The number of carbonyl (C=O) groups excluding carboxylic acids is 1. The van der Waals surface area contributed by atoms with Crippen LogP contribution in [0.3, 0.4) is 0 Å². The molecule has 0 heterocycles. The Morgan fingerprint density at radius 2 is 2.07 bits per heavy atom. The van der Waals surface area contributed by atoms with Gasteiger partial charge in [-0.3, -0.25) is 4.79 Å². The first kappa shape index (κ1) is 10.2. The molecule has 0 amide bonds. The van der Waals surface area contributed by atoms with Crippen LogP contribution in [0, 0.1) is 17.8 Å². The molecule has 3 nitrogen and oxygen atoms in total. The Hall–Kier alpha value is -0.280. The molecule has 0 radical (unpaired) electrons. The van der Waals surface area contributed by atoms with Crippen molar-refractivity contribution in [2.24, 2.45) is 17.8 Å². The molecule has 0 saturated heterocycles. The number of fused-ring (bicyclic) bond motifs is 3. The molecule has 1 N–H and O–H groups in total. The lowest BCUT2D eigenvalue weighted by Crippen LogP contribution is -2.47. The van der Waals surface area contributed by atoms with Crippen molar-refractivity contribution in [3.8, 4) is 0 Å². The third-order valence-electron chi connectivity index (χ3n) is 3.80. The van der Waals surface area contributed by atoms with Crippen LogP contribution in [0.2, 0.25) is 0 Å². The molecular weight excluding hydrogens is 202 g/mol. The quantitative estimate of drug-likeness (QED) is 0.565. The highest BCUT2D eigenvalue weighted by Gasteiger charge is 2.44. The molecule has 2 bridgehead atoms. The third kappa shape index (κ3) is 1.63. The van der Waals surface area contributed by atoms with Gasteiger partial charge in [0.25, 0.3) is 0 Å². The molecule has 0 aromatic heterocycles. The first-order valence-electron chi connectivity index (χ1n) is 5.20. The van der Waals surface area contributed by atoms with Gasteiger partial charge in [0.2, 0.25) is 0 Å². The molecule has 3 aliphatic carbocycles. The van der Waals surface area contributed by atoms with Gasteiger partial charge in [-0.25, -0.2) is 4.84 Å². The summed E-state index contributed by atoms with van der Waals surface area (Å²) in [6.07, 6.45) is 4.32. The fourth-order valence-electron chi connectivity index (χ4n) is 3.01. The predicted molar refractivity (Wildman–Crippen MR) is 53.7 cm³/mol. The van der Waals surface area contributed by atoms with Crippen LogP contribution < -0.4 is 4.84 Å². The molecule has 0 aromatic carbocycles. The van der Waals surface area contributed by atoms with Gasteiger partial charge in [-0.2, -0.15) is 0 Å². The summed E-state index contributed by atoms with van der Waals surface area (Å²) in [6.45, 7) is 0. The summed E-state index contributed by atoms with van der Waals surface area (Å²) in [5.41, 5.74) is 0. The van der Waals surface area contributed by atoms with E-state index in [1.54, 1.807) is 0 Å². The first-order chi connectivity index (χ1) is 6.76. The predicted octanol–water partition coefficient (Wildman–Crippen LogP) is 1.71. The van der Waals surface area contributed by atoms with Gasteiger partial charge in [0.1, 0.15) is 0 Å². The summed E-state index contributed by atoms with van der Waals surface area (Å²) in [6, 6.07) is 0.399. The van der Waals surface area contributed by atoms with E-state index < -0.39 is 0 Å². The van der Waals surface area contributed by atoms with E-state index in [-0.39, 0.29) is 11.9 Å². The topological polar surface area (TPSA) is 38.3 Å². The molecule has 80 valence electrons. The minimum atomic E-state index is -0.0345. The maximum atomic E-state index is 11.5. The molecule has 3 aliphatic rings. The van der Waals surface area contributed by atoms with Crippen molar-refractivity contribution >= 4 is 17.7 Å². The number of nitrogens with one attached hydrogen (secondary N) is 1. The van der Waals surface area contributed by atoms with Crippen molar-refractivity contribution in [2.45, 2.75) is 31.7 Å². The number of hydrogen-bond acceptors (Lipinski definition) is 3. The Morgan fingerprint density at radius 3 is 2.57 bits per heavy atom. The maximum absolute atomic E-state index is 11.5. The smallest absolute Gasteiger partial charge is 0.308 e. The summed E-state index contributed by atoms with van der Waals surface area (Å²) in [5, 5.41) is 0. The second-order valence-electron chi connectivity index (χ2n) is 4.41. The highest BCUT2D eigenvalue weighted by Crippen LogP contribution is 2.45. The van der Waals surface area contributed by atoms with E-state index in [0.717, 1.165) is 19.3 Å². The largest absolute Gasteiger partial charge is 0.469 e. The van der Waals surface area contributed by atoms with Crippen LogP contribution in [0.15, 0.2) is 0 Å². The van der Waals surface area contributed by atoms with Gasteiger partial charge in [-0.1, -0.05) is 0 Å². The summed E-state index contributed by atoms with van der Waals surface area (Å²) in [7, 11) is 1.47. The zero-order valence-electron chi connectivity index (χ0n) is 8.33. The molecule has 0 aromatic rings. The number of ether oxygens (including phenoxy) is 1. The zero-order chi connectivity index (χ0) is 10.1. The molecule has 0 aliphatic heterocycles. The standard InChI is InChI=1S/C10H16ClNO2/c1-14-10(13)8-4-7-3-2-6(8)5-9(7)12-11/h6-9,12H,2-5H2,1H3. The molecule has 0 spiro atoms. The molecule has 3 fully saturated rings. The van der Waals surface area contributed by atoms with Gasteiger partial charge < -0.3 is 4.74 Å². The second-order valence-corrected chi connectivity index (χ2v) is 4.63. The Kier molecular flexibility index (Phi) is 2.98. The van der Waals surface area contributed by atoms with E-state index in [0.29, 0.717) is 17.9 Å². The number of halogens is 1. The van der Waals surface area contributed by atoms with Crippen molar-refractivity contribution in [1.29, 1.82) is 0 Å². The number of carbonyl (C=O) groups is 1. The van der Waals surface area contributed by atoms with Gasteiger partial charge in [0.15, 0.2) is 0 Å². The fraction of sp³-hybridized carbons (Fsp3) is 0.900. The fourth-order valence-corrected chi connectivity index (χ4v) is 3.27. The summed E-state index contributed by atoms with van der Waals surface area (Å²) >= 11 is 5.67. The van der Waals surface area contributed by atoms with Crippen molar-refractivity contribution < 1.29 is 9.53 Å². The average Bonchev–Trinajstić information content (AvgIpc) is 2.28. The maximum Gasteiger partial charge on any atom is 0.308 e. The normalized spacial score (nSPS) is 41.0. The van der Waals surface area contributed by atoms with Crippen molar-refractivity contribution in [1.82, 2.24) is 4.84 Å². The van der Waals surface area contributed by atoms with Crippen molar-refractivity contribution in [3.05, 3.63) is 0 Å². The summed E-state index contributed by atoms with van der Waals surface area (Å²) < 4.78 is 4.82. The molecule has 4 unspecified atom stereocenters. The second kappa shape index (κ2) is 4.07. The van der Waals surface area contributed by atoms with Crippen LogP contribution in [0.25, 0.3) is 0 Å². The van der Waals surface area contributed by atoms with Gasteiger partial charge in [0.05, 0.1) is 13.0 Å². The Morgan fingerprint density at radius 1 is 1.36 bits per heavy atom. The van der Waals surface area contributed by atoms with Crippen LogP contribution in [0.5, 0.6) is 0 Å². The van der Waals surface area contributed by atoms with Gasteiger partial charge in [0, 0.05) is 6.04 Å². The molecule has 4 heteroatoms. The third-order valence-corrected chi connectivity index (χ3v) is 4.08. The average molecular weight is 218 g/mol. The SMILES string of the molecule is COC(=O)C1CC2CCC1CC2NCl. The lowest BCUT2D eigenvalue weighted by molar-refractivity contribution is -0.151. The van der Waals surface area contributed by atoms with E-state index in [1.165, 1.54) is 13.5 Å². The van der Waals surface area contributed by atoms with Crippen LogP contribution >= 0.6 is 11.8 Å². The van der Waals surface area contributed by atoms with Gasteiger partial charge >= 0.3 is 5.97 Å². The van der Waals surface area contributed by atoms with E-state index in [9.17, 15) is 4.79 Å². The van der Waals surface area contributed by atoms with E-state index in [2.05, 4.69) is 4.84 Å². The minimum absolute atomic E-state index is 0.0345. The lowest BCUT2D eigenvalue weighted by atomic mass is 9.62. The summed E-state index contributed by atoms with van der Waals surface area (Å²) in [4.78, 5) is 14.3. The molecule has 4 atom stereocenters. The summed E-state index contributed by atoms with van der Waals surface area (Å²) in [5.74, 6) is 1.12. The van der Waals surface area contributed by atoms with Gasteiger partial charge in [-0.05, 0) is 49.3 Å². The Labute approximate surface area is 89.3 Å². The van der Waals surface area contributed by atoms with E-state index in [4.69, 9.17) is 16.5 Å². The molecular formula is C10H16ClNO2. The minimum Gasteiger partial charge on any atom is -0.469 e. The number of hydrogen-bond donors (Lipinski definition) is 1.